The van der Waals surface area contributed by atoms with Crippen molar-refractivity contribution in [3.05, 3.63) is 47.8 Å². The number of anilines is 2. The predicted molar refractivity (Wildman–Crippen MR) is 70.0 cm³/mol. The normalized spacial score (nSPS) is 11.4. The largest absolute Gasteiger partial charge is 0.416 e. The number of rotatable bonds is 3. The van der Waals surface area contributed by atoms with Gasteiger partial charge in [0.25, 0.3) is 0 Å². The van der Waals surface area contributed by atoms with Crippen LogP contribution in [0.3, 0.4) is 0 Å². The average molecular weight is 282 g/mol. The number of aromatic nitrogens is 2. The van der Waals surface area contributed by atoms with Gasteiger partial charge in [-0.25, -0.2) is 9.97 Å². The van der Waals surface area contributed by atoms with Crippen molar-refractivity contribution in [3.8, 4) is 0 Å². The van der Waals surface area contributed by atoms with Crippen LogP contribution in [0.2, 0.25) is 0 Å². The molecule has 1 aromatic heterocycles. The van der Waals surface area contributed by atoms with Crippen molar-refractivity contribution in [2.24, 2.45) is 0 Å². The molecule has 7 heteroatoms. The van der Waals surface area contributed by atoms with E-state index in [0.29, 0.717) is 18.2 Å². The number of nitrogens with two attached hydrogens (primary N) is 1. The molecule has 0 unspecified atom stereocenters. The summed E-state index contributed by atoms with van der Waals surface area (Å²) in [5.41, 5.74) is 6.02. The maximum absolute atomic E-state index is 12.4. The molecule has 20 heavy (non-hydrogen) atoms. The van der Waals surface area contributed by atoms with Gasteiger partial charge in [0.1, 0.15) is 0 Å². The number of hydrogen-bond acceptors (Lipinski definition) is 4. The Balaban J connectivity index is 2.08. The third-order valence-electron chi connectivity index (χ3n) is 2.70. The summed E-state index contributed by atoms with van der Waals surface area (Å²) in [6.07, 6.45) is -1.36. The molecule has 0 aliphatic rings. The molecule has 0 aliphatic heterocycles. The molecular formula is C13H13F3N4. The van der Waals surface area contributed by atoms with E-state index in [4.69, 9.17) is 5.73 Å². The maximum atomic E-state index is 12.4. The molecule has 1 heterocycles. The minimum Gasteiger partial charge on any atom is -0.396 e. The topological polar surface area (TPSA) is 55.0 Å². The lowest BCUT2D eigenvalue weighted by Gasteiger charge is -2.17. The average Bonchev–Trinajstić information content (AvgIpc) is 2.39. The monoisotopic (exact) mass is 282 g/mol. The highest BCUT2D eigenvalue weighted by molar-refractivity contribution is 5.38. The molecule has 0 radical (unpaired) electrons. The van der Waals surface area contributed by atoms with Gasteiger partial charge >= 0.3 is 6.18 Å². The lowest BCUT2D eigenvalue weighted by atomic mass is 10.1. The van der Waals surface area contributed by atoms with E-state index in [1.165, 1.54) is 24.5 Å². The zero-order valence-corrected chi connectivity index (χ0v) is 10.7. The highest BCUT2D eigenvalue weighted by Crippen LogP contribution is 2.29. The molecule has 0 fully saturated rings. The molecule has 1 aromatic carbocycles. The summed E-state index contributed by atoms with van der Waals surface area (Å²) in [5, 5.41) is 0. The molecule has 0 spiro atoms. The van der Waals surface area contributed by atoms with Gasteiger partial charge in [0.2, 0.25) is 5.95 Å². The van der Waals surface area contributed by atoms with Crippen molar-refractivity contribution in [2.75, 3.05) is 17.7 Å². The van der Waals surface area contributed by atoms with E-state index in [-0.39, 0.29) is 0 Å². The highest BCUT2D eigenvalue weighted by Gasteiger charge is 2.29. The second-order valence-corrected chi connectivity index (χ2v) is 4.37. The summed E-state index contributed by atoms with van der Waals surface area (Å²) in [6, 6.07) is 5.01. The molecule has 0 saturated heterocycles. The molecule has 2 N–H and O–H groups in total. The molecule has 2 aromatic rings. The van der Waals surface area contributed by atoms with E-state index in [2.05, 4.69) is 9.97 Å². The Labute approximate surface area is 114 Å². The fraction of sp³-hybridized carbons (Fsp3) is 0.231. The van der Waals surface area contributed by atoms with Crippen LogP contribution in [0.1, 0.15) is 11.1 Å². The molecule has 0 amide bonds. The van der Waals surface area contributed by atoms with Crippen molar-refractivity contribution < 1.29 is 13.2 Å². The van der Waals surface area contributed by atoms with E-state index in [9.17, 15) is 13.2 Å². The number of alkyl halides is 3. The SMILES string of the molecule is CN(Cc1ccc(C(F)(F)F)cc1)c1ncc(N)cn1. The molecule has 0 bridgehead atoms. The van der Waals surface area contributed by atoms with E-state index >= 15 is 0 Å². The standard InChI is InChI=1S/C13H13F3N4/c1-20(12-18-6-11(17)7-19-12)8-9-2-4-10(5-3-9)13(14,15)16/h2-7H,8,17H2,1H3. The third-order valence-corrected chi connectivity index (χ3v) is 2.70. The van der Waals surface area contributed by atoms with Crippen molar-refractivity contribution >= 4 is 11.6 Å². The summed E-state index contributed by atoms with van der Waals surface area (Å²) in [6.45, 7) is 0.405. The Morgan fingerprint density at radius 3 is 2.15 bits per heavy atom. The van der Waals surface area contributed by atoms with Crippen LogP contribution in [0.5, 0.6) is 0 Å². The van der Waals surface area contributed by atoms with Crippen molar-refractivity contribution in [3.63, 3.8) is 0 Å². The molecule has 4 nitrogen and oxygen atoms in total. The Kier molecular flexibility index (Phi) is 3.78. The van der Waals surface area contributed by atoms with Crippen molar-refractivity contribution in [1.29, 1.82) is 0 Å². The van der Waals surface area contributed by atoms with Crippen LogP contribution < -0.4 is 10.6 Å². The van der Waals surface area contributed by atoms with Gasteiger partial charge in [-0.1, -0.05) is 12.1 Å². The summed E-state index contributed by atoms with van der Waals surface area (Å²) in [4.78, 5) is 9.81. The molecule has 0 atom stereocenters. The van der Waals surface area contributed by atoms with E-state index in [1.54, 1.807) is 11.9 Å². The lowest BCUT2D eigenvalue weighted by Crippen LogP contribution is -2.19. The number of halogens is 3. The highest BCUT2D eigenvalue weighted by atomic mass is 19.4. The van der Waals surface area contributed by atoms with Crippen LogP contribution in [0.25, 0.3) is 0 Å². The summed E-state index contributed by atoms with van der Waals surface area (Å²) in [7, 11) is 1.75. The molecule has 2 rings (SSSR count). The zero-order valence-electron chi connectivity index (χ0n) is 10.7. The van der Waals surface area contributed by atoms with Crippen LogP contribution in [0.4, 0.5) is 24.8 Å². The number of nitrogens with zero attached hydrogens (tertiary/aromatic N) is 3. The second-order valence-electron chi connectivity index (χ2n) is 4.37. The van der Waals surface area contributed by atoms with E-state index < -0.39 is 11.7 Å². The van der Waals surface area contributed by atoms with Gasteiger partial charge in [-0.3, -0.25) is 0 Å². The summed E-state index contributed by atoms with van der Waals surface area (Å²) in [5.74, 6) is 0.457. The first-order chi connectivity index (χ1) is 9.36. The minimum absolute atomic E-state index is 0.405. The van der Waals surface area contributed by atoms with E-state index in [1.807, 2.05) is 0 Å². The van der Waals surface area contributed by atoms with Gasteiger partial charge < -0.3 is 10.6 Å². The fourth-order valence-electron chi connectivity index (χ4n) is 1.67. The van der Waals surface area contributed by atoms with Crippen molar-refractivity contribution in [2.45, 2.75) is 12.7 Å². The Hall–Kier alpha value is -2.31. The van der Waals surface area contributed by atoms with Gasteiger partial charge in [0.15, 0.2) is 0 Å². The van der Waals surface area contributed by atoms with Gasteiger partial charge in [0.05, 0.1) is 23.6 Å². The lowest BCUT2D eigenvalue weighted by molar-refractivity contribution is -0.137. The zero-order chi connectivity index (χ0) is 14.8. The van der Waals surface area contributed by atoms with Crippen LogP contribution in [0.15, 0.2) is 36.7 Å². The Morgan fingerprint density at radius 1 is 1.10 bits per heavy atom. The summed E-state index contributed by atoms with van der Waals surface area (Å²) < 4.78 is 37.3. The van der Waals surface area contributed by atoms with Crippen molar-refractivity contribution in [1.82, 2.24) is 9.97 Å². The van der Waals surface area contributed by atoms with Gasteiger partial charge in [0, 0.05) is 13.6 Å². The fourth-order valence-corrected chi connectivity index (χ4v) is 1.67. The first-order valence-electron chi connectivity index (χ1n) is 5.81. The number of nitrogen functional groups attached to an aromatic ring is 1. The molecule has 0 aliphatic carbocycles. The van der Waals surface area contributed by atoms with Crippen LogP contribution >= 0.6 is 0 Å². The van der Waals surface area contributed by atoms with Crippen LogP contribution in [0, 0.1) is 0 Å². The van der Waals surface area contributed by atoms with Gasteiger partial charge in [-0.2, -0.15) is 13.2 Å². The number of hydrogen-bond donors (Lipinski definition) is 1. The third kappa shape index (κ3) is 3.37. The Morgan fingerprint density at radius 2 is 1.65 bits per heavy atom. The van der Waals surface area contributed by atoms with Crippen LogP contribution in [-0.4, -0.2) is 17.0 Å². The summed E-state index contributed by atoms with van der Waals surface area (Å²) >= 11 is 0. The molecular weight excluding hydrogens is 269 g/mol. The minimum atomic E-state index is -4.31. The Bertz CT molecular complexity index is 564. The maximum Gasteiger partial charge on any atom is 0.416 e. The first kappa shape index (κ1) is 14.1. The predicted octanol–water partition coefficient (Wildman–Crippen LogP) is 2.71. The first-order valence-corrected chi connectivity index (χ1v) is 5.81. The molecule has 0 saturated carbocycles. The van der Waals surface area contributed by atoms with E-state index in [0.717, 1.165) is 17.7 Å². The van der Waals surface area contributed by atoms with Gasteiger partial charge in [-0.15, -0.1) is 0 Å². The van der Waals surface area contributed by atoms with Gasteiger partial charge in [-0.05, 0) is 17.7 Å². The van der Waals surface area contributed by atoms with Crippen LogP contribution in [-0.2, 0) is 12.7 Å². The number of benzene rings is 1. The molecule has 106 valence electrons. The quantitative estimate of drug-likeness (QED) is 0.940. The second kappa shape index (κ2) is 5.36. The smallest absolute Gasteiger partial charge is 0.396 e.